The monoisotopic (exact) mass is 459 g/mol. The summed E-state index contributed by atoms with van der Waals surface area (Å²) in [5.74, 6) is -0.200. The Labute approximate surface area is 187 Å². The number of nitrogens with two attached hydrogens (primary N) is 1. The van der Waals surface area contributed by atoms with E-state index in [0.717, 1.165) is 35.5 Å². The Morgan fingerprint density at radius 1 is 1.09 bits per heavy atom. The number of para-hydroxylation sites is 1. The molecule has 0 aliphatic heterocycles. The average molecular weight is 459 g/mol. The van der Waals surface area contributed by atoms with Gasteiger partial charge in [-0.3, -0.25) is 0 Å². The van der Waals surface area contributed by atoms with Crippen molar-refractivity contribution in [2.75, 3.05) is 11.9 Å². The fourth-order valence-electron chi connectivity index (χ4n) is 3.43. The number of alkyl halides is 4. The second kappa shape index (κ2) is 9.45. The average Bonchev–Trinajstić information content (AvgIpc) is 3.16. The molecule has 0 atom stereocenters. The van der Waals surface area contributed by atoms with E-state index in [2.05, 4.69) is 24.6 Å². The molecule has 0 saturated heterocycles. The molecule has 172 valence electrons. The highest BCUT2D eigenvalue weighted by Crippen LogP contribution is 2.31. The van der Waals surface area contributed by atoms with E-state index in [1.165, 1.54) is 12.1 Å². The minimum absolute atomic E-state index is 0.212. The van der Waals surface area contributed by atoms with Crippen molar-refractivity contribution >= 4 is 22.5 Å². The van der Waals surface area contributed by atoms with Crippen molar-refractivity contribution in [2.24, 2.45) is 5.73 Å². The highest BCUT2D eigenvalue weighted by atomic mass is 19.3. The third-order valence-corrected chi connectivity index (χ3v) is 4.92. The number of aryl methyl sites for hydroxylation is 1. The van der Waals surface area contributed by atoms with Crippen LogP contribution in [0, 0.1) is 0 Å². The number of ether oxygens (including phenoxy) is 1. The summed E-state index contributed by atoms with van der Waals surface area (Å²) < 4.78 is 57.5. The fraction of sp³-hybridized carbons (Fsp3) is 0.217. The lowest BCUT2D eigenvalue weighted by atomic mass is 10.1. The number of aromatic nitrogens is 3. The molecule has 0 fully saturated rings. The molecule has 4 aromatic rings. The Morgan fingerprint density at radius 3 is 2.70 bits per heavy atom. The van der Waals surface area contributed by atoms with Gasteiger partial charge < -0.3 is 20.4 Å². The maximum Gasteiger partial charge on any atom is 0.461 e. The van der Waals surface area contributed by atoms with E-state index in [-0.39, 0.29) is 5.95 Å². The van der Waals surface area contributed by atoms with Crippen molar-refractivity contribution in [3.8, 4) is 17.0 Å². The molecule has 0 aliphatic carbocycles. The fourth-order valence-corrected chi connectivity index (χ4v) is 3.43. The van der Waals surface area contributed by atoms with E-state index in [1.807, 2.05) is 30.5 Å². The SMILES string of the molecule is NCCCn1cc(-c2ccnc(Nc3cccc(OC(F)(F)C(F)F)c3)n2)c2ccccc21. The van der Waals surface area contributed by atoms with Crippen LogP contribution in [0.2, 0.25) is 0 Å². The first-order valence-electron chi connectivity index (χ1n) is 10.2. The van der Waals surface area contributed by atoms with E-state index in [4.69, 9.17) is 5.73 Å². The lowest BCUT2D eigenvalue weighted by Crippen LogP contribution is -2.33. The summed E-state index contributed by atoms with van der Waals surface area (Å²) in [5, 5.41) is 3.92. The first-order chi connectivity index (χ1) is 15.9. The standard InChI is InChI=1S/C23H21F4N5O/c24-21(25)23(26,27)33-16-6-3-5-15(13-16)30-22-29-11-9-19(31-22)18-14-32(12-4-10-28)20-8-2-1-7-17(18)20/h1-3,5-9,11,13-14,21H,4,10,12,28H2,(H,29,30,31). The summed E-state index contributed by atoms with van der Waals surface area (Å²) >= 11 is 0. The molecule has 4 rings (SSSR count). The number of hydrogen-bond donors (Lipinski definition) is 2. The van der Waals surface area contributed by atoms with Crippen molar-refractivity contribution in [1.82, 2.24) is 14.5 Å². The molecule has 2 heterocycles. The highest BCUT2D eigenvalue weighted by molar-refractivity contribution is 5.95. The molecule has 6 nitrogen and oxygen atoms in total. The van der Waals surface area contributed by atoms with Crippen LogP contribution < -0.4 is 15.8 Å². The Bertz CT molecular complexity index is 1240. The minimum Gasteiger partial charge on any atom is -0.428 e. The Balaban J connectivity index is 1.61. The van der Waals surface area contributed by atoms with Crippen molar-refractivity contribution in [3.05, 3.63) is 67.0 Å². The lowest BCUT2D eigenvalue weighted by Gasteiger charge is -2.17. The van der Waals surface area contributed by atoms with Crippen molar-refractivity contribution in [2.45, 2.75) is 25.5 Å². The van der Waals surface area contributed by atoms with Crippen LogP contribution in [0.4, 0.5) is 29.2 Å². The van der Waals surface area contributed by atoms with Crippen LogP contribution in [0.1, 0.15) is 6.42 Å². The van der Waals surface area contributed by atoms with Crippen LogP contribution in [-0.2, 0) is 6.54 Å². The van der Waals surface area contributed by atoms with Gasteiger partial charge >= 0.3 is 12.5 Å². The molecule has 2 aromatic carbocycles. The number of nitrogens with one attached hydrogen (secondary N) is 1. The van der Waals surface area contributed by atoms with Gasteiger partial charge in [-0.2, -0.15) is 17.6 Å². The second-order valence-corrected chi connectivity index (χ2v) is 7.28. The summed E-state index contributed by atoms with van der Waals surface area (Å²) in [6.45, 7) is 1.35. The van der Waals surface area contributed by atoms with Crippen molar-refractivity contribution in [1.29, 1.82) is 0 Å². The summed E-state index contributed by atoms with van der Waals surface area (Å²) in [5.41, 5.74) is 8.58. The Morgan fingerprint density at radius 2 is 1.91 bits per heavy atom. The molecule has 0 spiro atoms. The van der Waals surface area contributed by atoms with Gasteiger partial charge in [0.1, 0.15) is 5.75 Å². The van der Waals surface area contributed by atoms with E-state index < -0.39 is 18.3 Å². The maximum absolute atomic E-state index is 13.2. The first kappa shape index (κ1) is 22.5. The Kier molecular flexibility index (Phi) is 6.45. The molecule has 33 heavy (non-hydrogen) atoms. The molecular weight excluding hydrogens is 438 g/mol. The summed E-state index contributed by atoms with van der Waals surface area (Å²) in [6, 6.07) is 15.0. The molecule has 2 aromatic heterocycles. The smallest absolute Gasteiger partial charge is 0.428 e. The van der Waals surface area contributed by atoms with Crippen LogP contribution in [-0.4, -0.2) is 33.6 Å². The number of fused-ring (bicyclic) bond motifs is 1. The number of halogens is 4. The zero-order valence-corrected chi connectivity index (χ0v) is 17.4. The van der Waals surface area contributed by atoms with Gasteiger partial charge in [0, 0.05) is 47.2 Å². The first-order valence-corrected chi connectivity index (χ1v) is 10.2. The van der Waals surface area contributed by atoms with Crippen LogP contribution in [0.25, 0.3) is 22.2 Å². The van der Waals surface area contributed by atoms with Gasteiger partial charge in [-0.15, -0.1) is 0 Å². The van der Waals surface area contributed by atoms with E-state index in [9.17, 15) is 17.6 Å². The quantitative estimate of drug-likeness (QED) is 0.327. The molecule has 0 saturated carbocycles. The van der Waals surface area contributed by atoms with E-state index >= 15 is 0 Å². The van der Waals surface area contributed by atoms with Crippen molar-refractivity contribution in [3.63, 3.8) is 0 Å². The van der Waals surface area contributed by atoms with Crippen molar-refractivity contribution < 1.29 is 22.3 Å². The normalized spacial score (nSPS) is 11.8. The van der Waals surface area contributed by atoms with Gasteiger partial charge in [-0.25, -0.2) is 9.97 Å². The Hall–Kier alpha value is -3.66. The zero-order valence-electron chi connectivity index (χ0n) is 17.4. The van der Waals surface area contributed by atoms with Gasteiger partial charge in [-0.05, 0) is 37.2 Å². The molecular formula is C23H21F4N5O. The number of anilines is 2. The molecule has 0 radical (unpaired) electrons. The van der Waals surface area contributed by atoms with Gasteiger partial charge in [0.15, 0.2) is 0 Å². The minimum atomic E-state index is -4.59. The van der Waals surface area contributed by atoms with Gasteiger partial charge in [-0.1, -0.05) is 24.3 Å². The number of nitrogens with zero attached hydrogens (tertiary/aromatic N) is 3. The van der Waals surface area contributed by atoms with Crippen LogP contribution in [0.5, 0.6) is 5.75 Å². The summed E-state index contributed by atoms with van der Waals surface area (Å²) in [6.07, 6.45) is -4.12. The van der Waals surface area contributed by atoms with Gasteiger partial charge in [0.05, 0.1) is 5.69 Å². The third kappa shape index (κ3) is 5.06. The van der Waals surface area contributed by atoms with Crippen LogP contribution in [0.3, 0.4) is 0 Å². The molecule has 0 unspecified atom stereocenters. The predicted octanol–water partition coefficient (Wildman–Crippen LogP) is 5.43. The topological polar surface area (TPSA) is 78.0 Å². The van der Waals surface area contributed by atoms with Crippen LogP contribution in [0.15, 0.2) is 67.0 Å². The zero-order chi connectivity index (χ0) is 23.4. The maximum atomic E-state index is 13.2. The molecule has 0 aliphatic rings. The number of benzene rings is 2. The largest absolute Gasteiger partial charge is 0.461 e. The number of hydrogen-bond acceptors (Lipinski definition) is 5. The molecule has 3 N–H and O–H groups in total. The molecule has 10 heteroatoms. The number of rotatable bonds is 9. The molecule has 0 amide bonds. The van der Waals surface area contributed by atoms with Gasteiger partial charge in [0.2, 0.25) is 5.95 Å². The molecule has 0 bridgehead atoms. The second-order valence-electron chi connectivity index (χ2n) is 7.28. The summed E-state index contributed by atoms with van der Waals surface area (Å²) in [4.78, 5) is 8.72. The summed E-state index contributed by atoms with van der Waals surface area (Å²) in [7, 11) is 0. The predicted molar refractivity (Wildman–Crippen MR) is 118 cm³/mol. The van der Waals surface area contributed by atoms with Gasteiger partial charge in [0.25, 0.3) is 0 Å². The van der Waals surface area contributed by atoms with E-state index in [0.29, 0.717) is 17.9 Å². The van der Waals surface area contributed by atoms with Crippen LogP contribution >= 0.6 is 0 Å². The van der Waals surface area contributed by atoms with E-state index in [1.54, 1.807) is 18.3 Å². The lowest BCUT2D eigenvalue weighted by molar-refractivity contribution is -0.253. The highest BCUT2D eigenvalue weighted by Gasteiger charge is 2.44. The third-order valence-electron chi connectivity index (χ3n) is 4.92.